The number of piperidine rings is 1. The zero-order valence-electron chi connectivity index (χ0n) is 7.85. The van der Waals surface area contributed by atoms with Crippen molar-refractivity contribution in [2.75, 3.05) is 33.4 Å². The van der Waals surface area contributed by atoms with Crippen molar-refractivity contribution in [3.8, 4) is 0 Å². The highest BCUT2D eigenvalue weighted by atomic mass is 19.1. The van der Waals surface area contributed by atoms with E-state index in [0.717, 1.165) is 6.54 Å². The summed E-state index contributed by atoms with van der Waals surface area (Å²) in [5, 5.41) is 3.38. The van der Waals surface area contributed by atoms with Crippen LogP contribution in [0.15, 0.2) is 0 Å². The zero-order valence-corrected chi connectivity index (χ0v) is 7.85. The molecule has 3 heteroatoms. The van der Waals surface area contributed by atoms with E-state index in [2.05, 4.69) is 17.3 Å². The molecule has 0 radical (unpaired) electrons. The average Bonchev–Trinajstić information content (AvgIpc) is 2.09. The molecule has 0 saturated carbocycles. The van der Waals surface area contributed by atoms with E-state index in [-0.39, 0.29) is 6.67 Å². The van der Waals surface area contributed by atoms with Crippen LogP contribution in [-0.2, 0) is 0 Å². The van der Waals surface area contributed by atoms with Crippen molar-refractivity contribution in [3.05, 3.63) is 0 Å². The lowest BCUT2D eigenvalue weighted by molar-refractivity contribution is 0.233. The van der Waals surface area contributed by atoms with Crippen molar-refractivity contribution >= 4 is 0 Å². The molecule has 0 bridgehead atoms. The quantitative estimate of drug-likeness (QED) is 0.640. The first-order valence-corrected chi connectivity index (χ1v) is 4.81. The molecule has 0 aliphatic carbocycles. The second-order valence-corrected chi connectivity index (χ2v) is 3.57. The standard InChI is InChI=1S/C9H19FN2/c1-12-7-3-9(4-8-12)11-6-2-5-10/h9,11H,2-8H2,1H3. The number of nitrogens with zero attached hydrogens (tertiary/aromatic N) is 1. The molecule has 0 aromatic carbocycles. The van der Waals surface area contributed by atoms with Gasteiger partial charge in [-0.2, -0.15) is 0 Å². The number of hydrogen-bond donors (Lipinski definition) is 1. The van der Waals surface area contributed by atoms with Crippen molar-refractivity contribution in [2.24, 2.45) is 0 Å². The fraction of sp³-hybridized carbons (Fsp3) is 1.00. The number of likely N-dealkylation sites (tertiary alicyclic amines) is 1. The Labute approximate surface area is 74.1 Å². The Morgan fingerprint density at radius 1 is 1.42 bits per heavy atom. The Bertz CT molecular complexity index is 111. The number of alkyl halides is 1. The predicted molar refractivity (Wildman–Crippen MR) is 49.1 cm³/mol. The molecule has 1 N–H and O–H groups in total. The lowest BCUT2D eigenvalue weighted by atomic mass is 10.1. The minimum Gasteiger partial charge on any atom is -0.314 e. The first kappa shape index (κ1) is 9.93. The van der Waals surface area contributed by atoms with Crippen LogP contribution >= 0.6 is 0 Å². The van der Waals surface area contributed by atoms with Crippen LogP contribution in [0.4, 0.5) is 4.39 Å². The molecular formula is C9H19FN2. The highest BCUT2D eigenvalue weighted by Gasteiger charge is 2.14. The molecule has 12 heavy (non-hydrogen) atoms. The lowest BCUT2D eigenvalue weighted by Crippen LogP contribution is -2.41. The number of hydrogen-bond acceptors (Lipinski definition) is 2. The minimum absolute atomic E-state index is 0.195. The van der Waals surface area contributed by atoms with E-state index in [4.69, 9.17) is 0 Å². The predicted octanol–water partition coefficient (Wildman–Crippen LogP) is 1.03. The molecule has 0 atom stereocenters. The molecule has 1 saturated heterocycles. The Balaban J connectivity index is 2.01. The fourth-order valence-corrected chi connectivity index (χ4v) is 1.59. The van der Waals surface area contributed by atoms with Crippen LogP contribution in [0.5, 0.6) is 0 Å². The SMILES string of the molecule is CN1CCC(NCCCF)CC1. The van der Waals surface area contributed by atoms with Crippen LogP contribution in [0, 0.1) is 0 Å². The van der Waals surface area contributed by atoms with Crippen molar-refractivity contribution in [2.45, 2.75) is 25.3 Å². The van der Waals surface area contributed by atoms with Crippen LogP contribution < -0.4 is 5.32 Å². The Morgan fingerprint density at radius 2 is 2.08 bits per heavy atom. The lowest BCUT2D eigenvalue weighted by Gasteiger charge is -2.29. The topological polar surface area (TPSA) is 15.3 Å². The Hall–Kier alpha value is -0.150. The maximum absolute atomic E-state index is 11.8. The van der Waals surface area contributed by atoms with E-state index < -0.39 is 0 Å². The molecule has 0 unspecified atom stereocenters. The van der Waals surface area contributed by atoms with Crippen molar-refractivity contribution in [3.63, 3.8) is 0 Å². The zero-order chi connectivity index (χ0) is 8.81. The fourth-order valence-electron chi connectivity index (χ4n) is 1.59. The molecule has 1 fully saturated rings. The third-order valence-corrected chi connectivity index (χ3v) is 2.46. The van der Waals surface area contributed by atoms with Gasteiger partial charge in [0.15, 0.2) is 0 Å². The molecule has 1 heterocycles. The summed E-state index contributed by atoms with van der Waals surface area (Å²) in [6.45, 7) is 2.99. The second-order valence-electron chi connectivity index (χ2n) is 3.57. The maximum Gasteiger partial charge on any atom is 0.0906 e. The van der Waals surface area contributed by atoms with E-state index >= 15 is 0 Å². The normalized spacial score (nSPS) is 21.5. The number of rotatable bonds is 4. The third-order valence-electron chi connectivity index (χ3n) is 2.46. The van der Waals surface area contributed by atoms with Gasteiger partial charge in [-0.1, -0.05) is 0 Å². The highest BCUT2D eigenvalue weighted by molar-refractivity contribution is 4.74. The third kappa shape index (κ3) is 3.50. The molecule has 1 aliphatic heterocycles. The van der Waals surface area contributed by atoms with Gasteiger partial charge in [0.05, 0.1) is 6.67 Å². The highest BCUT2D eigenvalue weighted by Crippen LogP contribution is 2.07. The van der Waals surface area contributed by atoms with E-state index in [0.29, 0.717) is 12.5 Å². The van der Waals surface area contributed by atoms with Gasteiger partial charge in [0, 0.05) is 6.04 Å². The van der Waals surface area contributed by atoms with Gasteiger partial charge in [0.2, 0.25) is 0 Å². The van der Waals surface area contributed by atoms with Gasteiger partial charge in [0.25, 0.3) is 0 Å². The second kappa shape index (κ2) is 5.49. The van der Waals surface area contributed by atoms with E-state index in [9.17, 15) is 4.39 Å². The molecule has 1 rings (SSSR count). The summed E-state index contributed by atoms with van der Waals surface area (Å²) in [6.07, 6.45) is 3.08. The van der Waals surface area contributed by atoms with Gasteiger partial charge < -0.3 is 10.2 Å². The molecule has 1 aliphatic rings. The summed E-state index contributed by atoms with van der Waals surface area (Å²) in [5.74, 6) is 0. The van der Waals surface area contributed by atoms with Crippen molar-refractivity contribution in [1.82, 2.24) is 10.2 Å². The molecule has 0 aromatic heterocycles. The van der Waals surface area contributed by atoms with Crippen LogP contribution in [0.1, 0.15) is 19.3 Å². The van der Waals surface area contributed by atoms with E-state index in [1.807, 2.05) is 0 Å². The van der Waals surface area contributed by atoms with Gasteiger partial charge in [-0.3, -0.25) is 4.39 Å². The minimum atomic E-state index is -0.195. The summed E-state index contributed by atoms with van der Waals surface area (Å²) in [7, 11) is 2.15. The first-order valence-electron chi connectivity index (χ1n) is 4.81. The van der Waals surface area contributed by atoms with E-state index in [1.165, 1.54) is 25.9 Å². The van der Waals surface area contributed by atoms with Gasteiger partial charge in [-0.25, -0.2) is 0 Å². The first-order chi connectivity index (χ1) is 5.83. The molecule has 0 amide bonds. The average molecular weight is 174 g/mol. The Kier molecular flexibility index (Phi) is 4.54. The number of halogens is 1. The van der Waals surface area contributed by atoms with Crippen molar-refractivity contribution in [1.29, 1.82) is 0 Å². The molecule has 2 nitrogen and oxygen atoms in total. The summed E-state index contributed by atoms with van der Waals surface area (Å²) in [4.78, 5) is 2.34. The van der Waals surface area contributed by atoms with E-state index in [1.54, 1.807) is 0 Å². The van der Waals surface area contributed by atoms with Crippen LogP contribution in [-0.4, -0.2) is 44.3 Å². The monoisotopic (exact) mass is 174 g/mol. The molecule has 0 aromatic rings. The largest absolute Gasteiger partial charge is 0.314 e. The van der Waals surface area contributed by atoms with Crippen LogP contribution in [0.25, 0.3) is 0 Å². The molecule has 0 spiro atoms. The van der Waals surface area contributed by atoms with Gasteiger partial charge in [0.1, 0.15) is 0 Å². The maximum atomic E-state index is 11.8. The summed E-state index contributed by atoms with van der Waals surface area (Å²) in [5.41, 5.74) is 0. The molecule has 72 valence electrons. The van der Waals surface area contributed by atoms with Crippen molar-refractivity contribution < 1.29 is 4.39 Å². The summed E-state index contributed by atoms with van der Waals surface area (Å²) < 4.78 is 11.8. The Morgan fingerprint density at radius 3 is 2.67 bits per heavy atom. The van der Waals surface area contributed by atoms with Crippen LogP contribution in [0.3, 0.4) is 0 Å². The van der Waals surface area contributed by atoms with Crippen LogP contribution in [0.2, 0.25) is 0 Å². The summed E-state index contributed by atoms with van der Waals surface area (Å²) >= 11 is 0. The van der Waals surface area contributed by atoms with Gasteiger partial charge in [-0.15, -0.1) is 0 Å². The molecular weight excluding hydrogens is 155 g/mol. The van der Waals surface area contributed by atoms with Gasteiger partial charge >= 0.3 is 0 Å². The summed E-state index contributed by atoms with van der Waals surface area (Å²) in [6, 6.07) is 0.632. The number of nitrogens with one attached hydrogen (secondary N) is 1. The van der Waals surface area contributed by atoms with Gasteiger partial charge in [-0.05, 0) is 45.9 Å². The smallest absolute Gasteiger partial charge is 0.0906 e.